The summed E-state index contributed by atoms with van der Waals surface area (Å²) in [5, 5.41) is 0. The van der Waals surface area contributed by atoms with Gasteiger partial charge in [0.15, 0.2) is 5.41 Å². The van der Waals surface area contributed by atoms with Crippen LogP contribution in [0, 0.1) is 11.3 Å². The number of hydrogen-bond acceptors (Lipinski definition) is 4. The van der Waals surface area contributed by atoms with E-state index in [-0.39, 0.29) is 19.1 Å². The lowest BCUT2D eigenvalue weighted by atomic mass is 9.77. The van der Waals surface area contributed by atoms with Crippen molar-refractivity contribution in [3.05, 3.63) is 24.8 Å². The Morgan fingerprint density at radius 3 is 2.32 bits per heavy atom. The lowest BCUT2D eigenvalue weighted by molar-refractivity contribution is -0.173. The summed E-state index contributed by atoms with van der Waals surface area (Å²) in [6, 6.07) is 0. The van der Waals surface area contributed by atoms with E-state index in [0.29, 0.717) is 6.42 Å². The standard InChI is InChI=1S/C15H22O4/c1-4-7-9-12-10-8-11-15(12,13(16)18-5-2)14(17)19-6-3/h4,7,9,12H,1,5-6,8,10-11H2,2-3H3/b9-7+. The van der Waals surface area contributed by atoms with Crippen LogP contribution in [0.5, 0.6) is 0 Å². The molecule has 4 heteroatoms. The topological polar surface area (TPSA) is 52.6 Å². The maximum absolute atomic E-state index is 12.3. The Morgan fingerprint density at radius 1 is 1.26 bits per heavy atom. The van der Waals surface area contributed by atoms with Crippen molar-refractivity contribution in [3.8, 4) is 0 Å². The lowest BCUT2D eigenvalue weighted by Gasteiger charge is -2.29. The summed E-state index contributed by atoms with van der Waals surface area (Å²) < 4.78 is 10.2. The molecule has 0 N–H and O–H groups in total. The van der Waals surface area contributed by atoms with Crippen molar-refractivity contribution >= 4 is 11.9 Å². The minimum atomic E-state index is -1.18. The molecular weight excluding hydrogens is 244 g/mol. The van der Waals surface area contributed by atoms with Gasteiger partial charge in [-0.1, -0.05) is 31.2 Å². The molecule has 1 rings (SSSR count). The maximum Gasteiger partial charge on any atom is 0.324 e. The van der Waals surface area contributed by atoms with Crippen molar-refractivity contribution in [1.82, 2.24) is 0 Å². The largest absolute Gasteiger partial charge is 0.465 e. The summed E-state index contributed by atoms with van der Waals surface area (Å²) in [6.07, 6.45) is 7.33. The molecule has 0 bridgehead atoms. The Balaban J connectivity index is 3.09. The van der Waals surface area contributed by atoms with E-state index < -0.39 is 17.4 Å². The van der Waals surface area contributed by atoms with Gasteiger partial charge in [-0.25, -0.2) is 0 Å². The van der Waals surface area contributed by atoms with Gasteiger partial charge in [-0.05, 0) is 26.7 Å². The minimum Gasteiger partial charge on any atom is -0.465 e. The zero-order valence-corrected chi connectivity index (χ0v) is 11.7. The molecule has 0 heterocycles. The smallest absolute Gasteiger partial charge is 0.324 e. The van der Waals surface area contributed by atoms with E-state index in [0.717, 1.165) is 12.8 Å². The van der Waals surface area contributed by atoms with E-state index in [1.54, 1.807) is 26.0 Å². The second kappa shape index (κ2) is 7.12. The molecule has 0 saturated heterocycles. The van der Waals surface area contributed by atoms with E-state index in [9.17, 15) is 9.59 Å². The summed E-state index contributed by atoms with van der Waals surface area (Å²) in [6.45, 7) is 7.61. The highest BCUT2D eigenvalue weighted by molar-refractivity contribution is 6.01. The molecule has 0 radical (unpaired) electrons. The number of esters is 2. The van der Waals surface area contributed by atoms with E-state index in [1.807, 2.05) is 6.08 Å². The minimum absolute atomic E-state index is 0.177. The van der Waals surface area contributed by atoms with Crippen molar-refractivity contribution in [1.29, 1.82) is 0 Å². The Bertz CT molecular complexity index is 352. The van der Waals surface area contributed by atoms with Crippen molar-refractivity contribution in [2.24, 2.45) is 11.3 Å². The van der Waals surface area contributed by atoms with Gasteiger partial charge in [0.25, 0.3) is 0 Å². The summed E-state index contributed by atoms with van der Waals surface area (Å²) >= 11 is 0. The number of carbonyl (C=O) groups is 2. The average molecular weight is 266 g/mol. The summed E-state index contributed by atoms with van der Waals surface area (Å²) in [7, 11) is 0. The molecule has 1 atom stereocenters. The molecule has 0 aromatic carbocycles. The van der Waals surface area contributed by atoms with Gasteiger partial charge >= 0.3 is 11.9 Å². The fourth-order valence-corrected chi connectivity index (χ4v) is 2.62. The van der Waals surface area contributed by atoms with Crippen LogP contribution in [0.4, 0.5) is 0 Å². The Morgan fingerprint density at radius 2 is 1.84 bits per heavy atom. The van der Waals surface area contributed by atoms with Crippen LogP contribution in [-0.2, 0) is 19.1 Å². The number of rotatable bonds is 6. The monoisotopic (exact) mass is 266 g/mol. The maximum atomic E-state index is 12.3. The fraction of sp³-hybridized carbons (Fsp3) is 0.600. The molecule has 0 aromatic heterocycles. The third kappa shape index (κ3) is 3.06. The van der Waals surface area contributed by atoms with E-state index >= 15 is 0 Å². The van der Waals surface area contributed by atoms with Crippen molar-refractivity contribution in [2.75, 3.05) is 13.2 Å². The highest BCUT2D eigenvalue weighted by atomic mass is 16.6. The number of carbonyl (C=O) groups excluding carboxylic acids is 2. The third-order valence-corrected chi connectivity index (χ3v) is 3.48. The first-order valence-electron chi connectivity index (χ1n) is 6.77. The Labute approximate surface area is 114 Å². The molecule has 1 aliphatic carbocycles. The van der Waals surface area contributed by atoms with Gasteiger partial charge in [0, 0.05) is 5.92 Å². The first-order chi connectivity index (χ1) is 9.13. The molecule has 0 spiro atoms. The van der Waals surface area contributed by atoms with E-state index in [4.69, 9.17) is 9.47 Å². The van der Waals surface area contributed by atoms with Gasteiger partial charge in [-0.15, -0.1) is 0 Å². The second-order valence-corrected chi connectivity index (χ2v) is 4.53. The predicted molar refractivity (Wildman–Crippen MR) is 72.4 cm³/mol. The number of ether oxygens (including phenoxy) is 2. The molecular formula is C15H22O4. The lowest BCUT2D eigenvalue weighted by Crippen LogP contribution is -2.44. The Kier molecular flexibility index (Phi) is 5.80. The predicted octanol–water partition coefficient (Wildman–Crippen LogP) is 2.64. The zero-order chi connectivity index (χ0) is 14.3. The van der Waals surface area contributed by atoms with E-state index in [2.05, 4.69) is 6.58 Å². The van der Waals surface area contributed by atoms with Crippen LogP contribution in [-0.4, -0.2) is 25.2 Å². The molecule has 1 fully saturated rings. The van der Waals surface area contributed by atoms with Crippen LogP contribution in [0.25, 0.3) is 0 Å². The summed E-state index contributed by atoms with van der Waals surface area (Å²) in [5.74, 6) is -1.11. The molecule has 0 amide bonds. The van der Waals surface area contributed by atoms with Crippen LogP contribution in [0.1, 0.15) is 33.1 Å². The molecule has 1 unspecified atom stereocenters. The van der Waals surface area contributed by atoms with Crippen LogP contribution >= 0.6 is 0 Å². The van der Waals surface area contributed by atoms with Crippen molar-refractivity contribution < 1.29 is 19.1 Å². The Hall–Kier alpha value is -1.58. The first-order valence-corrected chi connectivity index (χ1v) is 6.77. The zero-order valence-electron chi connectivity index (χ0n) is 11.7. The van der Waals surface area contributed by atoms with Gasteiger partial charge in [-0.2, -0.15) is 0 Å². The highest BCUT2D eigenvalue weighted by Crippen LogP contribution is 2.46. The fourth-order valence-electron chi connectivity index (χ4n) is 2.62. The quantitative estimate of drug-likeness (QED) is 0.421. The number of hydrogen-bond donors (Lipinski definition) is 0. The molecule has 1 aliphatic rings. The molecule has 0 aromatic rings. The molecule has 0 aliphatic heterocycles. The van der Waals surface area contributed by atoms with Gasteiger partial charge in [0.1, 0.15) is 0 Å². The van der Waals surface area contributed by atoms with Gasteiger partial charge < -0.3 is 9.47 Å². The first kappa shape index (κ1) is 15.5. The SMILES string of the molecule is C=C/C=C/C1CCCC1(C(=O)OCC)C(=O)OCC. The van der Waals surface area contributed by atoms with Gasteiger partial charge in [0.05, 0.1) is 13.2 Å². The highest BCUT2D eigenvalue weighted by Gasteiger charge is 2.56. The third-order valence-electron chi connectivity index (χ3n) is 3.48. The summed E-state index contributed by atoms with van der Waals surface area (Å²) in [4.78, 5) is 24.5. The van der Waals surface area contributed by atoms with Crippen molar-refractivity contribution in [3.63, 3.8) is 0 Å². The molecule has 106 valence electrons. The van der Waals surface area contributed by atoms with Crippen LogP contribution in [0.2, 0.25) is 0 Å². The van der Waals surface area contributed by atoms with Gasteiger partial charge in [0.2, 0.25) is 0 Å². The number of allylic oxidation sites excluding steroid dienone is 3. The molecule has 4 nitrogen and oxygen atoms in total. The molecule has 1 saturated carbocycles. The van der Waals surface area contributed by atoms with Gasteiger partial charge in [-0.3, -0.25) is 9.59 Å². The van der Waals surface area contributed by atoms with Crippen molar-refractivity contribution in [2.45, 2.75) is 33.1 Å². The summed E-state index contributed by atoms with van der Waals surface area (Å²) in [5.41, 5.74) is -1.18. The van der Waals surface area contributed by atoms with E-state index in [1.165, 1.54) is 0 Å². The second-order valence-electron chi connectivity index (χ2n) is 4.53. The molecule has 19 heavy (non-hydrogen) atoms. The average Bonchev–Trinajstić information content (AvgIpc) is 2.81. The van der Waals surface area contributed by atoms with Crippen LogP contribution < -0.4 is 0 Å². The van der Waals surface area contributed by atoms with Crippen LogP contribution in [0.15, 0.2) is 24.8 Å². The van der Waals surface area contributed by atoms with Crippen LogP contribution in [0.3, 0.4) is 0 Å². The normalized spacial score (nSPS) is 21.3.